The van der Waals surface area contributed by atoms with Crippen LogP contribution in [0, 0.1) is 6.92 Å². The first-order chi connectivity index (χ1) is 31.8. The molecule has 378 valence electrons. The van der Waals surface area contributed by atoms with E-state index in [1.54, 1.807) is 6.21 Å². The molecule has 1 atom stereocenters. The minimum atomic E-state index is -0.218. The number of aliphatic imine (C=N–C) groups is 1. The second-order valence-corrected chi connectivity index (χ2v) is 19.0. The number of ether oxygens (including phenoxy) is 2. The third-order valence-electron chi connectivity index (χ3n) is 12.8. The molecule has 2 N–H and O–H groups in total. The number of carbonyl (C=O) groups is 2. The van der Waals surface area contributed by atoms with Gasteiger partial charge in [-0.05, 0) is 110 Å². The van der Waals surface area contributed by atoms with Crippen LogP contribution in [-0.4, -0.2) is 71.4 Å². The highest BCUT2D eigenvalue weighted by molar-refractivity contribution is 5.69. The normalized spacial score (nSPS) is 12.2. The van der Waals surface area contributed by atoms with Crippen molar-refractivity contribution in [2.24, 2.45) is 4.99 Å². The molecule has 65 heavy (non-hydrogen) atoms. The average Bonchev–Trinajstić information content (AvgIpc) is 3.29. The SMILES string of the molecule is CC/C=N\c1c(C)nc(NCCCN(CCCCCCCC(=O)OC(CC)CCCCCCCC)CCCCCCCC(=O)OC(CCCCCCCC)CCCCCCCC)[nH]c1=O. The van der Waals surface area contributed by atoms with Crippen molar-refractivity contribution < 1.29 is 19.1 Å². The maximum atomic E-state index is 12.9. The molecule has 1 unspecified atom stereocenters. The van der Waals surface area contributed by atoms with Gasteiger partial charge in [0.2, 0.25) is 5.95 Å². The summed E-state index contributed by atoms with van der Waals surface area (Å²) >= 11 is 0. The first-order valence-corrected chi connectivity index (χ1v) is 27.8. The van der Waals surface area contributed by atoms with Gasteiger partial charge in [0, 0.05) is 25.6 Å². The summed E-state index contributed by atoms with van der Waals surface area (Å²) in [5.74, 6) is 0.478. The number of nitrogens with zero attached hydrogens (tertiary/aromatic N) is 3. The fraction of sp³-hybridized carbons (Fsp3) is 0.873. The standard InChI is InChI=1S/C55H103N5O5/c1-7-12-15-18-23-30-38-49(11-5)64-51(61)41-33-26-21-28-35-45-60(47-37-44-57-55-58-48(6)53(54(63)59-55)56-43-10-4)46-36-29-22-27-34-42-52(62)65-50(39-31-24-19-16-13-8-2)40-32-25-20-17-14-9-3/h43,49-50H,7-42,44-47H2,1-6H3,(H2,57,58,59,63)/b56-43-. The number of hydrogen-bond donors (Lipinski definition) is 2. The molecule has 0 fully saturated rings. The van der Waals surface area contributed by atoms with Gasteiger partial charge in [0.1, 0.15) is 17.9 Å². The smallest absolute Gasteiger partial charge is 0.306 e. The molecule has 1 rings (SSSR count). The topological polar surface area (TPSA) is 126 Å². The summed E-state index contributed by atoms with van der Waals surface area (Å²) in [7, 11) is 0. The van der Waals surface area contributed by atoms with Gasteiger partial charge in [-0.25, -0.2) is 4.98 Å². The molecule has 0 bridgehead atoms. The van der Waals surface area contributed by atoms with Crippen molar-refractivity contribution in [3.63, 3.8) is 0 Å². The lowest BCUT2D eigenvalue weighted by molar-refractivity contribution is -0.150. The van der Waals surface area contributed by atoms with Gasteiger partial charge in [0.15, 0.2) is 0 Å². The Morgan fingerprint density at radius 1 is 0.585 bits per heavy atom. The Kier molecular flexibility index (Phi) is 40.6. The molecule has 1 aromatic rings. The van der Waals surface area contributed by atoms with Crippen LogP contribution in [0.3, 0.4) is 0 Å². The summed E-state index contributed by atoms with van der Waals surface area (Å²) in [4.78, 5) is 52.3. The molecule has 10 nitrogen and oxygen atoms in total. The second-order valence-electron chi connectivity index (χ2n) is 19.0. The highest BCUT2D eigenvalue weighted by Gasteiger charge is 2.15. The molecule has 0 spiro atoms. The van der Waals surface area contributed by atoms with Gasteiger partial charge in [-0.2, -0.15) is 0 Å². The Balaban J connectivity index is 2.52. The zero-order chi connectivity index (χ0) is 47.4. The van der Waals surface area contributed by atoms with E-state index < -0.39 is 0 Å². The fourth-order valence-electron chi connectivity index (χ4n) is 8.67. The number of aromatic amines is 1. The Bertz CT molecular complexity index is 1340. The van der Waals surface area contributed by atoms with Gasteiger partial charge in [-0.1, -0.05) is 169 Å². The number of anilines is 1. The highest BCUT2D eigenvalue weighted by Crippen LogP contribution is 2.19. The summed E-state index contributed by atoms with van der Waals surface area (Å²) in [5.41, 5.74) is 0.782. The summed E-state index contributed by atoms with van der Waals surface area (Å²) in [6.45, 7) is 16.5. The predicted molar refractivity (Wildman–Crippen MR) is 277 cm³/mol. The predicted octanol–water partition coefficient (Wildman–Crippen LogP) is 15.5. The van der Waals surface area contributed by atoms with Gasteiger partial charge in [0.05, 0.1) is 5.69 Å². The van der Waals surface area contributed by atoms with Crippen molar-refractivity contribution in [1.29, 1.82) is 0 Å². The molecule has 0 saturated carbocycles. The molecule has 1 aromatic heterocycles. The fourth-order valence-corrected chi connectivity index (χ4v) is 8.67. The van der Waals surface area contributed by atoms with Crippen molar-refractivity contribution >= 4 is 29.8 Å². The highest BCUT2D eigenvalue weighted by atomic mass is 16.5. The van der Waals surface area contributed by atoms with E-state index in [4.69, 9.17) is 9.47 Å². The van der Waals surface area contributed by atoms with E-state index in [0.717, 1.165) is 135 Å². The van der Waals surface area contributed by atoms with Gasteiger partial charge >= 0.3 is 11.9 Å². The monoisotopic (exact) mass is 914 g/mol. The number of hydrogen-bond acceptors (Lipinski definition) is 9. The van der Waals surface area contributed by atoms with E-state index in [0.29, 0.717) is 30.2 Å². The Morgan fingerprint density at radius 3 is 1.46 bits per heavy atom. The minimum Gasteiger partial charge on any atom is -0.462 e. The van der Waals surface area contributed by atoms with Crippen molar-refractivity contribution in [3.8, 4) is 0 Å². The van der Waals surface area contributed by atoms with Crippen LogP contribution in [0.1, 0.15) is 271 Å². The molecule has 0 saturated heterocycles. The summed E-state index contributed by atoms with van der Waals surface area (Å²) in [5, 5.41) is 3.33. The van der Waals surface area contributed by atoms with Crippen LogP contribution < -0.4 is 10.9 Å². The molecular formula is C55H103N5O5. The summed E-state index contributed by atoms with van der Waals surface area (Å²) < 4.78 is 11.9. The van der Waals surface area contributed by atoms with E-state index >= 15 is 0 Å². The lowest BCUT2D eigenvalue weighted by Crippen LogP contribution is -2.28. The first kappa shape index (κ1) is 60.3. The van der Waals surface area contributed by atoms with Crippen LogP contribution in [0.4, 0.5) is 11.6 Å². The van der Waals surface area contributed by atoms with Crippen molar-refractivity contribution in [3.05, 3.63) is 16.0 Å². The number of aryl methyl sites for hydroxylation is 1. The van der Waals surface area contributed by atoms with Crippen molar-refractivity contribution in [2.75, 3.05) is 31.5 Å². The van der Waals surface area contributed by atoms with Gasteiger partial charge < -0.3 is 19.7 Å². The number of aromatic nitrogens is 2. The molecule has 0 aromatic carbocycles. The molecule has 0 aliphatic rings. The van der Waals surface area contributed by atoms with Crippen LogP contribution in [0.15, 0.2) is 9.79 Å². The summed E-state index contributed by atoms with van der Waals surface area (Å²) in [6.07, 6.45) is 42.3. The number of rotatable bonds is 47. The number of esters is 2. The number of carbonyl (C=O) groups excluding carboxylic acids is 2. The van der Waals surface area contributed by atoms with E-state index in [1.807, 2.05) is 13.8 Å². The Hall–Kier alpha value is -2.75. The third-order valence-corrected chi connectivity index (χ3v) is 12.8. The van der Waals surface area contributed by atoms with E-state index in [1.165, 1.54) is 109 Å². The largest absolute Gasteiger partial charge is 0.462 e. The van der Waals surface area contributed by atoms with Crippen LogP contribution in [0.25, 0.3) is 0 Å². The maximum absolute atomic E-state index is 12.9. The zero-order valence-electron chi connectivity index (χ0n) is 43.4. The van der Waals surface area contributed by atoms with E-state index in [9.17, 15) is 14.4 Å². The molecule has 10 heteroatoms. The molecular weight excluding hydrogens is 811 g/mol. The number of unbranched alkanes of at least 4 members (excludes halogenated alkanes) is 23. The van der Waals surface area contributed by atoms with Crippen LogP contribution in [0.5, 0.6) is 0 Å². The maximum Gasteiger partial charge on any atom is 0.306 e. The quantitative estimate of drug-likeness (QED) is 0.0376. The van der Waals surface area contributed by atoms with Gasteiger partial charge in [-0.15, -0.1) is 0 Å². The Morgan fingerprint density at radius 2 is 1.00 bits per heavy atom. The third kappa shape index (κ3) is 35.1. The van der Waals surface area contributed by atoms with E-state index in [2.05, 4.69) is 52.9 Å². The zero-order valence-corrected chi connectivity index (χ0v) is 43.4. The lowest BCUT2D eigenvalue weighted by atomic mass is 10.0. The van der Waals surface area contributed by atoms with Gasteiger partial charge in [-0.3, -0.25) is 24.4 Å². The Labute approximate surface area is 399 Å². The average molecular weight is 914 g/mol. The molecule has 0 aliphatic heterocycles. The minimum absolute atomic E-state index is 0.00555. The molecule has 0 amide bonds. The lowest BCUT2D eigenvalue weighted by Gasteiger charge is -2.22. The van der Waals surface area contributed by atoms with Crippen LogP contribution in [0.2, 0.25) is 0 Å². The van der Waals surface area contributed by atoms with Crippen molar-refractivity contribution in [2.45, 2.75) is 285 Å². The number of nitrogens with one attached hydrogen (secondary N) is 2. The van der Waals surface area contributed by atoms with Gasteiger partial charge in [0.25, 0.3) is 5.56 Å². The van der Waals surface area contributed by atoms with Crippen LogP contribution in [-0.2, 0) is 19.1 Å². The summed E-state index contributed by atoms with van der Waals surface area (Å²) in [6, 6.07) is 0. The van der Waals surface area contributed by atoms with E-state index in [-0.39, 0.29) is 29.7 Å². The molecule has 0 radical (unpaired) electrons. The molecule has 0 aliphatic carbocycles. The number of H-pyrrole nitrogens is 1. The second kappa shape index (κ2) is 43.8. The molecule has 1 heterocycles. The van der Waals surface area contributed by atoms with Crippen LogP contribution >= 0.6 is 0 Å². The first-order valence-electron chi connectivity index (χ1n) is 27.8. The van der Waals surface area contributed by atoms with Crippen molar-refractivity contribution in [1.82, 2.24) is 14.9 Å².